The van der Waals surface area contributed by atoms with E-state index in [0.29, 0.717) is 12.5 Å². The van der Waals surface area contributed by atoms with Crippen LogP contribution in [0.3, 0.4) is 0 Å². The van der Waals surface area contributed by atoms with Gasteiger partial charge in [-0.2, -0.15) is 0 Å². The highest BCUT2D eigenvalue weighted by Gasteiger charge is 2.16. The van der Waals surface area contributed by atoms with E-state index < -0.39 is 11.9 Å². The van der Waals surface area contributed by atoms with Crippen molar-refractivity contribution in [3.63, 3.8) is 0 Å². The third-order valence-corrected chi connectivity index (χ3v) is 6.25. The molecule has 0 N–H and O–H groups in total. The minimum Gasteiger partial charge on any atom is -0.545 e. The number of carbonyl (C=O) groups excluding carboxylic acids is 2. The van der Waals surface area contributed by atoms with E-state index in [0.717, 1.165) is 12.8 Å². The van der Waals surface area contributed by atoms with Crippen LogP contribution in [0.4, 0.5) is 0 Å². The Kier molecular flexibility index (Phi) is 16.5. The van der Waals surface area contributed by atoms with E-state index in [1.165, 1.54) is 102 Å². The van der Waals surface area contributed by atoms with Crippen LogP contribution < -0.4 is 5.11 Å². The molecule has 0 aromatic heterocycles. The lowest BCUT2D eigenvalue weighted by atomic mass is 9.94. The SMILES string of the molecule is CCCCCCCCCCC(CCCCCCCC)COC(=O)c1ccccc1C(=O)[O-]. The van der Waals surface area contributed by atoms with Gasteiger partial charge in [0.05, 0.1) is 18.1 Å². The molecule has 1 atom stereocenters. The highest BCUT2D eigenvalue weighted by atomic mass is 16.5. The molecule has 0 amide bonds. The van der Waals surface area contributed by atoms with Gasteiger partial charge in [0.1, 0.15) is 0 Å². The number of carbonyl (C=O) groups is 2. The van der Waals surface area contributed by atoms with Crippen LogP contribution in [0.1, 0.15) is 137 Å². The van der Waals surface area contributed by atoms with Crippen molar-refractivity contribution in [1.82, 2.24) is 0 Å². The molecule has 0 saturated carbocycles. The molecule has 1 rings (SSSR count). The van der Waals surface area contributed by atoms with Crippen LogP contribution in [0.5, 0.6) is 0 Å². The Bertz CT molecular complexity index is 626. The molecule has 182 valence electrons. The highest BCUT2D eigenvalue weighted by molar-refractivity contribution is 6.01. The molecule has 0 aliphatic rings. The molecule has 0 heterocycles. The van der Waals surface area contributed by atoms with Gasteiger partial charge in [-0.1, -0.05) is 122 Å². The molecule has 1 aromatic rings. The van der Waals surface area contributed by atoms with Crippen LogP contribution in [0.25, 0.3) is 0 Å². The minimum atomic E-state index is -1.35. The van der Waals surface area contributed by atoms with Gasteiger partial charge in [-0.05, 0) is 24.8 Å². The summed E-state index contributed by atoms with van der Waals surface area (Å²) in [6, 6.07) is 6.12. The smallest absolute Gasteiger partial charge is 0.338 e. The second-order valence-corrected chi connectivity index (χ2v) is 9.12. The largest absolute Gasteiger partial charge is 0.545 e. The number of unbranched alkanes of at least 4 members (excludes halogenated alkanes) is 12. The van der Waals surface area contributed by atoms with Crippen LogP contribution in [0, 0.1) is 5.92 Å². The predicted octanol–water partition coefficient (Wildman–Crippen LogP) is 7.10. The van der Waals surface area contributed by atoms with Gasteiger partial charge < -0.3 is 14.6 Å². The molecule has 4 heteroatoms. The Morgan fingerprint density at radius 1 is 0.719 bits per heavy atom. The van der Waals surface area contributed by atoms with E-state index in [1.54, 1.807) is 12.1 Å². The first-order chi connectivity index (χ1) is 15.6. The Hall–Kier alpha value is -1.84. The predicted molar refractivity (Wildman–Crippen MR) is 130 cm³/mol. The molecule has 1 aromatic carbocycles. The van der Waals surface area contributed by atoms with Crippen molar-refractivity contribution in [2.24, 2.45) is 5.92 Å². The molecular weight excluding hydrogens is 400 g/mol. The summed E-state index contributed by atoms with van der Waals surface area (Å²) in [5.41, 5.74) is -0.0223. The number of aromatic carboxylic acids is 1. The zero-order valence-electron chi connectivity index (χ0n) is 20.5. The summed E-state index contributed by atoms with van der Waals surface area (Å²) in [6.45, 7) is 4.84. The Morgan fingerprint density at radius 3 is 1.62 bits per heavy atom. The molecule has 32 heavy (non-hydrogen) atoms. The fourth-order valence-electron chi connectivity index (χ4n) is 4.20. The van der Waals surface area contributed by atoms with Crippen molar-refractivity contribution in [3.8, 4) is 0 Å². The molecule has 0 aliphatic heterocycles. The van der Waals surface area contributed by atoms with Gasteiger partial charge in [0.25, 0.3) is 0 Å². The molecule has 0 saturated heterocycles. The zero-order valence-corrected chi connectivity index (χ0v) is 20.5. The van der Waals surface area contributed by atoms with Gasteiger partial charge in [-0.15, -0.1) is 0 Å². The van der Waals surface area contributed by atoms with E-state index in [2.05, 4.69) is 13.8 Å². The number of ether oxygens (including phenoxy) is 1. The molecule has 0 bridgehead atoms. The maximum atomic E-state index is 12.5. The Labute approximate surface area is 196 Å². The van der Waals surface area contributed by atoms with E-state index in [9.17, 15) is 14.7 Å². The van der Waals surface area contributed by atoms with Gasteiger partial charge in [-0.3, -0.25) is 0 Å². The maximum absolute atomic E-state index is 12.5. The Morgan fingerprint density at radius 2 is 1.16 bits per heavy atom. The summed E-state index contributed by atoms with van der Waals surface area (Å²) in [5.74, 6) is -1.56. The maximum Gasteiger partial charge on any atom is 0.338 e. The van der Waals surface area contributed by atoms with Crippen molar-refractivity contribution >= 4 is 11.9 Å². The van der Waals surface area contributed by atoms with Crippen molar-refractivity contribution in [2.75, 3.05) is 6.61 Å². The normalized spacial score (nSPS) is 11.9. The van der Waals surface area contributed by atoms with Gasteiger partial charge >= 0.3 is 5.97 Å². The third kappa shape index (κ3) is 12.9. The summed E-state index contributed by atoms with van der Waals surface area (Å²) >= 11 is 0. The first-order valence-electron chi connectivity index (χ1n) is 13.1. The monoisotopic (exact) mass is 445 g/mol. The summed E-state index contributed by atoms with van der Waals surface area (Å²) in [5, 5.41) is 11.3. The molecule has 0 fully saturated rings. The van der Waals surface area contributed by atoms with Crippen molar-refractivity contribution in [2.45, 2.75) is 117 Å². The highest BCUT2D eigenvalue weighted by Crippen LogP contribution is 2.21. The van der Waals surface area contributed by atoms with Gasteiger partial charge in [0.15, 0.2) is 0 Å². The number of carboxylic acids is 1. The number of esters is 1. The lowest BCUT2D eigenvalue weighted by molar-refractivity contribution is -0.255. The second kappa shape index (κ2) is 18.7. The molecule has 4 nitrogen and oxygen atoms in total. The topological polar surface area (TPSA) is 66.4 Å². The van der Waals surface area contributed by atoms with Crippen LogP contribution in [0.2, 0.25) is 0 Å². The lowest BCUT2D eigenvalue weighted by Gasteiger charge is -2.18. The summed E-state index contributed by atoms with van der Waals surface area (Å²) in [6.07, 6.45) is 20.0. The quantitative estimate of drug-likeness (QED) is 0.158. The first kappa shape index (κ1) is 28.2. The fourth-order valence-corrected chi connectivity index (χ4v) is 4.20. The minimum absolute atomic E-state index is 0.0814. The molecule has 0 radical (unpaired) electrons. The van der Waals surface area contributed by atoms with E-state index >= 15 is 0 Å². The van der Waals surface area contributed by atoms with Crippen molar-refractivity contribution in [3.05, 3.63) is 35.4 Å². The van der Waals surface area contributed by atoms with Crippen molar-refractivity contribution < 1.29 is 19.4 Å². The number of rotatable bonds is 20. The van der Waals surface area contributed by atoms with Gasteiger partial charge in [-0.25, -0.2) is 4.79 Å². The summed E-state index contributed by atoms with van der Waals surface area (Å²) < 4.78 is 5.57. The molecule has 0 spiro atoms. The van der Waals surface area contributed by atoms with Gasteiger partial charge in [0.2, 0.25) is 0 Å². The number of hydrogen-bond donors (Lipinski definition) is 0. The van der Waals surface area contributed by atoms with E-state index in [1.807, 2.05) is 0 Å². The third-order valence-electron chi connectivity index (χ3n) is 6.25. The second-order valence-electron chi connectivity index (χ2n) is 9.12. The molecule has 0 aliphatic carbocycles. The van der Waals surface area contributed by atoms with Crippen molar-refractivity contribution in [1.29, 1.82) is 0 Å². The molecule has 1 unspecified atom stereocenters. The standard InChI is InChI=1S/C28H46O4/c1-3-5-7-9-11-12-14-16-20-24(19-15-13-10-8-6-4-2)23-32-28(31)26-22-18-17-21-25(26)27(29)30/h17-18,21-22,24H,3-16,19-20,23H2,1-2H3,(H,29,30)/p-1. The van der Waals surface area contributed by atoms with Crippen LogP contribution in [-0.4, -0.2) is 18.5 Å². The van der Waals surface area contributed by atoms with Crippen LogP contribution >= 0.6 is 0 Å². The van der Waals surface area contributed by atoms with E-state index in [-0.39, 0.29) is 11.1 Å². The number of benzene rings is 1. The zero-order chi connectivity index (χ0) is 23.4. The lowest BCUT2D eigenvalue weighted by Crippen LogP contribution is -2.25. The van der Waals surface area contributed by atoms with Crippen LogP contribution in [0.15, 0.2) is 24.3 Å². The van der Waals surface area contributed by atoms with E-state index in [4.69, 9.17) is 4.74 Å². The Balaban J connectivity index is 2.45. The average Bonchev–Trinajstić information content (AvgIpc) is 2.80. The van der Waals surface area contributed by atoms with Gasteiger partial charge in [0, 0.05) is 5.56 Å². The fraction of sp³-hybridized carbons (Fsp3) is 0.714. The van der Waals surface area contributed by atoms with Crippen LogP contribution in [-0.2, 0) is 4.74 Å². The number of carboxylic acid groups (broad SMARTS) is 1. The average molecular weight is 446 g/mol. The molecular formula is C28H45O4-. The first-order valence-corrected chi connectivity index (χ1v) is 13.1. The summed E-state index contributed by atoms with van der Waals surface area (Å²) in [7, 11) is 0. The summed E-state index contributed by atoms with van der Waals surface area (Å²) in [4.78, 5) is 23.8. The number of hydrogen-bond acceptors (Lipinski definition) is 4.